The number of Topliss-reactive ketones (excluding diaryl/α,β-unsaturated/α-hetero) is 1. The predicted molar refractivity (Wildman–Crippen MR) is 120 cm³/mol. The summed E-state index contributed by atoms with van der Waals surface area (Å²) in [6.07, 6.45) is 1.71. The fraction of sp³-hybridized carbons (Fsp3) is 0.0833. The fourth-order valence-corrected chi connectivity index (χ4v) is 4.40. The van der Waals surface area contributed by atoms with Crippen molar-refractivity contribution in [3.8, 4) is 22.3 Å². The number of aryl methyl sites for hydroxylation is 1. The number of nitrogens with zero attached hydrogens (tertiary/aromatic N) is 5. The zero-order valence-electron chi connectivity index (χ0n) is 16.6. The molecule has 150 valence electrons. The molecule has 0 N–H and O–H groups in total. The number of carbonyl (C=O) groups excluding carboxylic acids is 1. The molecule has 0 radical (unpaired) electrons. The highest BCUT2D eigenvalue weighted by Crippen LogP contribution is 2.32. The number of ketones is 1. The van der Waals surface area contributed by atoms with Crippen molar-refractivity contribution in [3.05, 3.63) is 89.7 Å². The number of carbonyl (C=O) groups is 1. The maximum absolute atomic E-state index is 13.6. The Kier molecular flexibility index (Phi) is 4.69. The van der Waals surface area contributed by atoms with Gasteiger partial charge in [0, 0.05) is 13.2 Å². The number of hydrogen-bond acceptors (Lipinski definition) is 5. The van der Waals surface area contributed by atoms with E-state index in [4.69, 9.17) is 0 Å². The molecule has 3 heterocycles. The van der Waals surface area contributed by atoms with Crippen molar-refractivity contribution >= 4 is 28.2 Å². The van der Waals surface area contributed by atoms with Crippen LogP contribution in [0.4, 0.5) is 0 Å². The molecule has 0 aliphatic heterocycles. The van der Waals surface area contributed by atoms with Crippen molar-refractivity contribution in [2.24, 2.45) is 7.05 Å². The van der Waals surface area contributed by atoms with E-state index in [0.717, 1.165) is 21.6 Å². The summed E-state index contributed by atoms with van der Waals surface area (Å²) in [6.45, 7) is 0. The molecule has 0 aliphatic rings. The van der Waals surface area contributed by atoms with E-state index in [9.17, 15) is 10.1 Å². The fourth-order valence-electron chi connectivity index (χ4n) is 3.67. The van der Waals surface area contributed by atoms with E-state index >= 15 is 0 Å². The van der Waals surface area contributed by atoms with Gasteiger partial charge in [0.05, 0.1) is 33.2 Å². The summed E-state index contributed by atoms with van der Waals surface area (Å²) in [5, 5.41) is 16.6. The first-order valence-electron chi connectivity index (χ1n) is 9.71. The molecule has 31 heavy (non-hydrogen) atoms. The first-order chi connectivity index (χ1) is 15.2. The van der Waals surface area contributed by atoms with Gasteiger partial charge in [-0.15, -0.1) is 11.3 Å². The maximum Gasteiger partial charge on any atom is 0.191 e. The summed E-state index contributed by atoms with van der Waals surface area (Å²) in [5.74, 6) is -0.922. The lowest BCUT2D eigenvalue weighted by atomic mass is 9.98. The molecule has 1 atom stereocenters. The van der Waals surface area contributed by atoms with Crippen molar-refractivity contribution in [2.45, 2.75) is 5.92 Å². The van der Waals surface area contributed by atoms with E-state index in [0.29, 0.717) is 17.1 Å². The Morgan fingerprint density at radius 2 is 1.84 bits per heavy atom. The summed E-state index contributed by atoms with van der Waals surface area (Å²) < 4.78 is 3.50. The average Bonchev–Trinajstić information content (AvgIpc) is 3.54. The molecular formula is C24H17N5OS. The van der Waals surface area contributed by atoms with Gasteiger partial charge in [-0.3, -0.25) is 4.79 Å². The molecule has 6 nitrogen and oxygen atoms in total. The van der Waals surface area contributed by atoms with Crippen LogP contribution in [-0.4, -0.2) is 25.1 Å². The number of imidazole rings is 1. The molecule has 0 amide bonds. The monoisotopic (exact) mass is 423 g/mol. The van der Waals surface area contributed by atoms with E-state index in [1.807, 2.05) is 83.7 Å². The van der Waals surface area contributed by atoms with Gasteiger partial charge in [-0.2, -0.15) is 10.4 Å². The molecule has 0 aliphatic carbocycles. The first kappa shape index (κ1) is 19.0. The van der Waals surface area contributed by atoms with Crippen LogP contribution in [0.2, 0.25) is 0 Å². The van der Waals surface area contributed by atoms with Crippen molar-refractivity contribution in [1.29, 1.82) is 5.26 Å². The molecular weight excluding hydrogens is 406 g/mol. The Labute approximate surface area is 182 Å². The number of rotatable bonds is 5. The van der Waals surface area contributed by atoms with Crippen molar-refractivity contribution in [1.82, 2.24) is 19.3 Å². The second-order valence-electron chi connectivity index (χ2n) is 7.09. The molecule has 7 heteroatoms. The second kappa shape index (κ2) is 7.67. The number of thiophene rings is 1. The Bertz CT molecular complexity index is 1420. The van der Waals surface area contributed by atoms with Crippen LogP contribution in [0.5, 0.6) is 0 Å². The third kappa shape index (κ3) is 3.23. The van der Waals surface area contributed by atoms with Crippen molar-refractivity contribution in [2.75, 3.05) is 0 Å². The Morgan fingerprint density at radius 1 is 1.06 bits per heavy atom. The molecule has 1 unspecified atom stereocenters. The molecule has 5 rings (SSSR count). The quantitative estimate of drug-likeness (QED) is 0.374. The second-order valence-corrected chi connectivity index (χ2v) is 8.04. The average molecular weight is 424 g/mol. The molecule has 0 fully saturated rings. The number of aromatic nitrogens is 4. The highest BCUT2D eigenvalue weighted by molar-refractivity contribution is 7.13. The normalized spacial score (nSPS) is 12.0. The lowest BCUT2D eigenvalue weighted by molar-refractivity contribution is 0.0976. The highest BCUT2D eigenvalue weighted by atomic mass is 32.1. The van der Waals surface area contributed by atoms with Gasteiger partial charge in [-0.05, 0) is 35.7 Å². The van der Waals surface area contributed by atoms with E-state index < -0.39 is 5.92 Å². The third-order valence-corrected chi connectivity index (χ3v) is 6.10. The number of para-hydroxylation sites is 3. The van der Waals surface area contributed by atoms with Gasteiger partial charge in [-0.1, -0.05) is 36.4 Å². The highest BCUT2D eigenvalue weighted by Gasteiger charge is 2.31. The minimum atomic E-state index is -1.04. The Balaban J connectivity index is 1.64. The van der Waals surface area contributed by atoms with E-state index in [1.54, 1.807) is 10.9 Å². The van der Waals surface area contributed by atoms with E-state index in [2.05, 4.69) is 16.2 Å². The van der Waals surface area contributed by atoms with Gasteiger partial charge < -0.3 is 4.57 Å². The van der Waals surface area contributed by atoms with Gasteiger partial charge >= 0.3 is 0 Å². The Hall–Kier alpha value is -4.02. The summed E-state index contributed by atoms with van der Waals surface area (Å²) in [4.78, 5) is 19.1. The molecule has 0 saturated carbocycles. The van der Waals surface area contributed by atoms with Gasteiger partial charge in [0.1, 0.15) is 11.5 Å². The summed E-state index contributed by atoms with van der Waals surface area (Å²) in [5.41, 5.74) is 3.46. The smallest absolute Gasteiger partial charge is 0.191 e. The van der Waals surface area contributed by atoms with Gasteiger partial charge in [-0.25, -0.2) is 9.67 Å². The number of hydrogen-bond donors (Lipinski definition) is 0. The lowest BCUT2D eigenvalue weighted by Crippen LogP contribution is -2.16. The van der Waals surface area contributed by atoms with Crippen LogP contribution in [0.15, 0.2) is 78.3 Å². The van der Waals surface area contributed by atoms with Crippen molar-refractivity contribution < 1.29 is 4.79 Å². The van der Waals surface area contributed by atoms with Crippen LogP contribution >= 0.6 is 11.3 Å². The van der Waals surface area contributed by atoms with Crippen LogP contribution < -0.4 is 0 Å². The van der Waals surface area contributed by atoms with Crippen LogP contribution in [0.3, 0.4) is 0 Å². The molecule has 3 aromatic heterocycles. The summed E-state index contributed by atoms with van der Waals surface area (Å²) in [6, 6.07) is 23.2. The maximum atomic E-state index is 13.6. The van der Waals surface area contributed by atoms with Gasteiger partial charge in [0.25, 0.3) is 0 Å². The SMILES string of the molecule is Cn1c(C(C#N)C(=O)c2cn(-c3ccccc3)nc2-c2cccs2)nc2ccccc21. The van der Waals surface area contributed by atoms with Crippen LogP contribution in [0, 0.1) is 11.3 Å². The third-order valence-electron chi connectivity index (χ3n) is 5.23. The molecule has 5 aromatic rings. The van der Waals surface area contributed by atoms with Gasteiger partial charge in [0.15, 0.2) is 11.7 Å². The number of nitriles is 1. The minimum Gasteiger partial charge on any atom is -0.330 e. The molecule has 0 saturated heterocycles. The number of fused-ring (bicyclic) bond motifs is 1. The zero-order valence-corrected chi connectivity index (χ0v) is 17.5. The van der Waals surface area contributed by atoms with Crippen LogP contribution in [0.1, 0.15) is 22.1 Å². The molecule has 2 aromatic carbocycles. The Morgan fingerprint density at radius 3 is 2.55 bits per heavy atom. The number of benzene rings is 2. The minimum absolute atomic E-state index is 0.313. The van der Waals surface area contributed by atoms with Crippen LogP contribution in [0.25, 0.3) is 27.3 Å². The largest absolute Gasteiger partial charge is 0.330 e. The zero-order chi connectivity index (χ0) is 21.4. The summed E-state index contributed by atoms with van der Waals surface area (Å²) in [7, 11) is 1.83. The first-order valence-corrected chi connectivity index (χ1v) is 10.6. The molecule has 0 spiro atoms. The van der Waals surface area contributed by atoms with Crippen LogP contribution in [-0.2, 0) is 7.05 Å². The van der Waals surface area contributed by atoms with E-state index in [-0.39, 0.29) is 5.78 Å². The van der Waals surface area contributed by atoms with Gasteiger partial charge in [0.2, 0.25) is 0 Å². The topological polar surface area (TPSA) is 76.5 Å². The lowest BCUT2D eigenvalue weighted by Gasteiger charge is -2.08. The standard InChI is InChI=1S/C24H17N5OS/c1-28-20-11-6-5-10-19(20)26-24(28)17(14-25)23(30)18-15-29(16-8-3-2-4-9-16)27-22(18)21-12-7-13-31-21/h2-13,15,17H,1H3. The predicted octanol–water partition coefficient (Wildman–Crippen LogP) is 4.98. The molecule has 0 bridgehead atoms. The summed E-state index contributed by atoms with van der Waals surface area (Å²) >= 11 is 1.51. The van der Waals surface area contributed by atoms with E-state index in [1.165, 1.54) is 11.3 Å². The van der Waals surface area contributed by atoms with Crippen molar-refractivity contribution in [3.63, 3.8) is 0 Å².